The first kappa shape index (κ1) is 10.8. The van der Waals surface area contributed by atoms with E-state index in [4.69, 9.17) is 11.6 Å². The molecule has 4 nitrogen and oxygen atoms in total. The van der Waals surface area contributed by atoms with Gasteiger partial charge in [-0.25, -0.2) is 4.98 Å². The van der Waals surface area contributed by atoms with Crippen molar-refractivity contribution in [2.24, 2.45) is 0 Å². The number of likely N-dealkylation sites (tertiary alicyclic amines) is 1. The maximum absolute atomic E-state index is 11.8. The van der Waals surface area contributed by atoms with Crippen LogP contribution >= 0.6 is 11.6 Å². The van der Waals surface area contributed by atoms with Crippen LogP contribution in [-0.4, -0.2) is 34.4 Å². The van der Waals surface area contributed by atoms with Crippen molar-refractivity contribution in [3.05, 3.63) is 23.4 Å². The van der Waals surface area contributed by atoms with Crippen LogP contribution in [0.2, 0.25) is 5.02 Å². The van der Waals surface area contributed by atoms with Gasteiger partial charge >= 0.3 is 0 Å². The van der Waals surface area contributed by atoms with Crippen molar-refractivity contribution in [3.8, 4) is 0 Å². The number of hydrogen-bond donors (Lipinski definition) is 1. The molecular formula is C12H14ClN3O. The van der Waals surface area contributed by atoms with E-state index in [-0.39, 0.29) is 11.9 Å². The van der Waals surface area contributed by atoms with E-state index in [1.165, 1.54) is 0 Å². The minimum Gasteiger partial charge on any atom is -0.364 e. The average molecular weight is 252 g/mol. The molecule has 2 aliphatic rings. The molecule has 2 fully saturated rings. The molecule has 1 aromatic heterocycles. The molecule has 17 heavy (non-hydrogen) atoms. The van der Waals surface area contributed by atoms with E-state index in [2.05, 4.69) is 10.3 Å². The molecule has 2 heterocycles. The van der Waals surface area contributed by atoms with Crippen LogP contribution in [0.15, 0.2) is 18.3 Å². The highest BCUT2D eigenvalue weighted by atomic mass is 35.5. The van der Waals surface area contributed by atoms with Gasteiger partial charge < -0.3 is 10.2 Å². The Kier molecular flexibility index (Phi) is 2.67. The largest absolute Gasteiger partial charge is 0.364 e. The number of anilines is 1. The molecule has 1 aliphatic heterocycles. The van der Waals surface area contributed by atoms with Crippen molar-refractivity contribution in [2.45, 2.75) is 31.3 Å². The third-order valence-corrected chi connectivity index (χ3v) is 3.55. The summed E-state index contributed by atoms with van der Waals surface area (Å²) >= 11 is 6.03. The Morgan fingerprint density at radius 1 is 1.47 bits per heavy atom. The second-order valence-corrected chi connectivity index (χ2v) is 5.06. The van der Waals surface area contributed by atoms with Crippen molar-refractivity contribution in [1.82, 2.24) is 9.88 Å². The quantitative estimate of drug-likeness (QED) is 0.893. The predicted molar refractivity (Wildman–Crippen MR) is 66.0 cm³/mol. The number of carbonyl (C=O) groups is 1. The fourth-order valence-electron chi connectivity index (χ4n) is 2.25. The minimum absolute atomic E-state index is 0.135. The zero-order valence-electron chi connectivity index (χ0n) is 9.40. The second-order valence-electron chi connectivity index (χ2n) is 4.66. The fraction of sp³-hybridized carbons (Fsp3) is 0.500. The van der Waals surface area contributed by atoms with E-state index in [1.54, 1.807) is 18.3 Å². The first-order valence-electron chi connectivity index (χ1n) is 5.90. The zero-order valence-corrected chi connectivity index (χ0v) is 10.2. The molecule has 5 heteroatoms. The molecule has 1 saturated heterocycles. The molecule has 1 saturated carbocycles. The first-order chi connectivity index (χ1) is 8.24. The number of carbonyl (C=O) groups excluding carboxylic acids is 1. The number of pyridine rings is 1. The van der Waals surface area contributed by atoms with E-state index >= 15 is 0 Å². The van der Waals surface area contributed by atoms with Crippen molar-refractivity contribution in [2.75, 3.05) is 11.9 Å². The van der Waals surface area contributed by atoms with Gasteiger partial charge in [-0.3, -0.25) is 4.79 Å². The van der Waals surface area contributed by atoms with Gasteiger partial charge in [0.1, 0.15) is 5.82 Å². The van der Waals surface area contributed by atoms with E-state index in [0.29, 0.717) is 23.3 Å². The predicted octanol–water partition coefficient (Wildman–Crippen LogP) is 1.91. The summed E-state index contributed by atoms with van der Waals surface area (Å²) in [6, 6.07) is 4.22. The lowest BCUT2D eigenvalue weighted by Gasteiger charge is -2.16. The molecule has 1 amide bonds. The highest BCUT2D eigenvalue weighted by molar-refractivity contribution is 6.32. The van der Waals surface area contributed by atoms with Crippen molar-refractivity contribution < 1.29 is 4.79 Å². The average Bonchev–Trinajstić information content (AvgIpc) is 3.07. The first-order valence-corrected chi connectivity index (χ1v) is 6.28. The Hall–Kier alpha value is -1.29. The summed E-state index contributed by atoms with van der Waals surface area (Å²) in [6.45, 7) is 0.774. The van der Waals surface area contributed by atoms with E-state index in [0.717, 1.165) is 19.4 Å². The minimum atomic E-state index is 0.135. The topological polar surface area (TPSA) is 45.2 Å². The third-order valence-electron chi connectivity index (χ3n) is 3.25. The van der Waals surface area contributed by atoms with E-state index in [9.17, 15) is 4.79 Å². The lowest BCUT2D eigenvalue weighted by molar-refractivity contribution is -0.128. The molecule has 90 valence electrons. The zero-order chi connectivity index (χ0) is 11.8. The molecule has 0 unspecified atom stereocenters. The highest BCUT2D eigenvalue weighted by Gasteiger charge is 2.39. The Morgan fingerprint density at radius 3 is 3.00 bits per heavy atom. The number of halogens is 1. The van der Waals surface area contributed by atoms with Crippen LogP contribution in [-0.2, 0) is 4.79 Å². The summed E-state index contributed by atoms with van der Waals surface area (Å²) in [4.78, 5) is 17.9. The molecule has 1 N–H and O–H groups in total. The smallest absolute Gasteiger partial charge is 0.225 e. The number of aromatic nitrogens is 1. The molecule has 1 atom stereocenters. The molecule has 0 radical (unpaired) electrons. The number of nitrogens with zero attached hydrogens (tertiary/aromatic N) is 2. The summed E-state index contributed by atoms with van der Waals surface area (Å²) in [5.41, 5.74) is 0. The van der Waals surface area contributed by atoms with Gasteiger partial charge in [0.25, 0.3) is 0 Å². The highest BCUT2D eigenvalue weighted by Crippen LogP contribution is 2.31. The third kappa shape index (κ3) is 2.22. The van der Waals surface area contributed by atoms with Crippen LogP contribution in [0.5, 0.6) is 0 Å². The Balaban J connectivity index is 1.67. The van der Waals surface area contributed by atoms with Gasteiger partial charge in [0.2, 0.25) is 5.91 Å². The Labute approximate surface area is 105 Å². The molecule has 0 spiro atoms. The van der Waals surface area contributed by atoms with Crippen LogP contribution in [0.4, 0.5) is 5.82 Å². The molecular weight excluding hydrogens is 238 g/mol. The summed E-state index contributed by atoms with van der Waals surface area (Å²) in [5.74, 6) is 0.918. The fourth-order valence-corrected chi connectivity index (χ4v) is 2.43. The maximum atomic E-state index is 11.8. The van der Waals surface area contributed by atoms with Gasteiger partial charge in [-0.15, -0.1) is 0 Å². The SMILES string of the molecule is O=C1C[C@@H](Nc2ncccc2Cl)CN1C1CC1. The molecule has 1 aromatic rings. The molecule has 3 rings (SSSR count). The van der Waals surface area contributed by atoms with E-state index in [1.807, 2.05) is 4.90 Å². The van der Waals surface area contributed by atoms with Gasteiger partial charge in [-0.2, -0.15) is 0 Å². The van der Waals surface area contributed by atoms with Gasteiger partial charge in [-0.1, -0.05) is 11.6 Å². The van der Waals surface area contributed by atoms with Gasteiger partial charge in [0, 0.05) is 25.2 Å². The summed E-state index contributed by atoms with van der Waals surface area (Å²) in [5, 5.41) is 3.85. The van der Waals surface area contributed by atoms with Crippen LogP contribution in [0.25, 0.3) is 0 Å². The number of nitrogens with one attached hydrogen (secondary N) is 1. The van der Waals surface area contributed by atoms with Gasteiger partial charge in [-0.05, 0) is 25.0 Å². The molecule has 1 aliphatic carbocycles. The molecule has 0 bridgehead atoms. The van der Waals surface area contributed by atoms with Crippen LogP contribution in [0.1, 0.15) is 19.3 Å². The van der Waals surface area contributed by atoms with Crippen LogP contribution in [0, 0.1) is 0 Å². The standard InChI is InChI=1S/C12H14ClN3O/c13-10-2-1-5-14-12(10)15-8-6-11(17)16(7-8)9-3-4-9/h1-2,5,8-9H,3-4,6-7H2,(H,14,15)/t8-/m1/s1. The monoisotopic (exact) mass is 251 g/mol. The van der Waals surface area contributed by atoms with Gasteiger partial charge in [0.15, 0.2) is 0 Å². The second kappa shape index (κ2) is 4.18. The number of hydrogen-bond acceptors (Lipinski definition) is 3. The number of rotatable bonds is 3. The van der Waals surface area contributed by atoms with Crippen LogP contribution in [0.3, 0.4) is 0 Å². The lowest BCUT2D eigenvalue weighted by Crippen LogP contribution is -2.29. The number of amides is 1. The molecule has 0 aromatic carbocycles. The van der Waals surface area contributed by atoms with Crippen molar-refractivity contribution in [1.29, 1.82) is 0 Å². The maximum Gasteiger partial charge on any atom is 0.225 e. The van der Waals surface area contributed by atoms with E-state index < -0.39 is 0 Å². The lowest BCUT2D eigenvalue weighted by atomic mass is 10.2. The van der Waals surface area contributed by atoms with Gasteiger partial charge in [0.05, 0.1) is 11.1 Å². The normalized spacial score (nSPS) is 24.2. The Bertz CT molecular complexity index is 447. The van der Waals surface area contributed by atoms with Crippen LogP contribution < -0.4 is 5.32 Å². The summed E-state index contributed by atoms with van der Waals surface area (Å²) < 4.78 is 0. The Morgan fingerprint density at radius 2 is 2.29 bits per heavy atom. The van der Waals surface area contributed by atoms with Crippen molar-refractivity contribution in [3.63, 3.8) is 0 Å². The summed E-state index contributed by atoms with van der Waals surface area (Å²) in [7, 11) is 0. The van der Waals surface area contributed by atoms with Crippen molar-refractivity contribution >= 4 is 23.3 Å². The summed E-state index contributed by atoms with van der Waals surface area (Å²) in [6.07, 6.45) is 4.55.